The van der Waals surface area contributed by atoms with Crippen LogP contribution >= 0.6 is 0 Å². The number of hydrogen-bond donors (Lipinski definition) is 6. The number of carboxylic acids is 2. The molecule has 1 aliphatic heterocycles. The summed E-state index contributed by atoms with van der Waals surface area (Å²) in [6, 6.07) is 5.34. The minimum Gasteiger partial charge on any atom is -0.480 e. The molecular weight excluding hydrogens is 670 g/mol. The second-order valence-corrected chi connectivity index (χ2v) is 14.0. The molecule has 1 aliphatic rings. The maximum atomic E-state index is 13.5. The van der Waals surface area contributed by atoms with E-state index in [9.17, 15) is 43.8 Å². The number of carbonyl (C=O) groups excluding carboxylic acids is 5. The topological polar surface area (TPSA) is 225 Å². The molecule has 0 bridgehead atoms. The monoisotopic (exact) mass is 729 g/mol. The predicted octanol–water partition coefficient (Wildman–Crippen LogP) is 3.45. The molecule has 1 aromatic carbocycles. The van der Waals surface area contributed by atoms with E-state index in [0.717, 1.165) is 25.7 Å². The van der Waals surface area contributed by atoms with Crippen LogP contribution in [-0.4, -0.2) is 86.8 Å². The summed E-state index contributed by atoms with van der Waals surface area (Å²) < 4.78 is 0. The van der Waals surface area contributed by atoms with Gasteiger partial charge in [0, 0.05) is 19.4 Å². The van der Waals surface area contributed by atoms with Crippen molar-refractivity contribution in [2.45, 2.75) is 147 Å². The molecule has 2 rings (SSSR count). The first-order chi connectivity index (χ1) is 24.7. The van der Waals surface area contributed by atoms with Crippen LogP contribution in [-0.2, 0) is 40.0 Å². The minimum absolute atomic E-state index is 0.000530. The molecule has 0 aromatic heterocycles. The molecule has 5 atom stereocenters. The third-order valence-electron chi connectivity index (χ3n) is 9.80. The molecule has 0 spiro atoms. The van der Waals surface area contributed by atoms with Gasteiger partial charge in [-0.2, -0.15) is 0 Å². The van der Waals surface area contributed by atoms with Crippen LogP contribution in [0.2, 0.25) is 0 Å². The molecule has 1 saturated heterocycles. The maximum absolute atomic E-state index is 13.5. The Labute approximate surface area is 307 Å². The standard InChI is InChI=1S/C38H59N5O9/c1-4-5-6-7-8-9-10-11-12-13-17-22-32(45)42-38(37(51)52,25-31(39)44)26(2)33(46)40-27(3)35(48)43-23-18-21-30(43)34(47)41-29(36(49)50)24-28-19-15-14-16-20-28/h14-16,19-20,26-27,29-30H,4-13,17-18,21-25H2,1-3H3,(H2,39,44)(H,40,46)(H,41,47)(H,42,45)(H,49,50)(H,51,52)/t26-,27+,29+,30+,38?/m1/s1. The molecule has 1 heterocycles. The number of nitrogens with zero attached hydrogens (tertiary/aromatic N) is 1. The van der Waals surface area contributed by atoms with Gasteiger partial charge in [-0.15, -0.1) is 0 Å². The van der Waals surface area contributed by atoms with E-state index in [2.05, 4.69) is 22.9 Å². The predicted molar refractivity (Wildman–Crippen MR) is 195 cm³/mol. The Morgan fingerprint density at radius 1 is 0.865 bits per heavy atom. The van der Waals surface area contributed by atoms with Crippen LogP contribution in [0.15, 0.2) is 30.3 Å². The van der Waals surface area contributed by atoms with Crippen molar-refractivity contribution in [3.63, 3.8) is 0 Å². The SMILES string of the molecule is CCCCCCCCCCCCCC(=O)NC(CC(N)=O)(C(=O)O)[C@H](C)C(=O)N[C@@H](C)C(=O)N1CCC[C@H]1C(=O)N[C@@H](Cc1ccccc1)C(=O)O. The fourth-order valence-electron chi connectivity index (χ4n) is 6.65. The molecule has 0 saturated carbocycles. The van der Waals surface area contributed by atoms with Crippen LogP contribution in [0.25, 0.3) is 0 Å². The number of unbranched alkanes of at least 4 members (excludes halogenated alkanes) is 10. The van der Waals surface area contributed by atoms with Crippen LogP contribution in [0.1, 0.15) is 123 Å². The number of primary amides is 1. The zero-order chi connectivity index (χ0) is 38.7. The zero-order valence-electron chi connectivity index (χ0n) is 31.0. The molecule has 1 fully saturated rings. The van der Waals surface area contributed by atoms with Gasteiger partial charge in [0.15, 0.2) is 5.54 Å². The number of benzene rings is 1. The third-order valence-corrected chi connectivity index (χ3v) is 9.80. The number of amides is 5. The second kappa shape index (κ2) is 22.4. The molecule has 0 radical (unpaired) electrons. The van der Waals surface area contributed by atoms with E-state index < -0.39 is 77.5 Å². The van der Waals surface area contributed by atoms with E-state index in [-0.39, 0.29) is 25.8 Å². The number of nitrogens with two attached hydrogens (primary N) is 1. The number of nitrogens with one attached hydrogen (secondary N) is 3. The summed E-state index contributed by atoms with van der Waals surface area (Å²) in [6.45, 7) is 4.97. The van der Waals surface area contributed by atoms with E-state index >= 15 is 0 Å². The summed E-state index contributed by atoms with van der Waals surface area (Å²) in [5, 5.41) is 27.4. The van der Waals surface area contributed by atoms with Crippen molar-refractivity contribution in [2.75, 3.05) is 6.54 Å². The molecule has 0 aliphatic carbocycles. The van der Waals surface area contributed by atoms with E-state index in [0.29, 0.717) is 18.4 Å². The number of rotatable bonds is 25. The van der Waals surface area contributed by atoms with E-state index in [1.807, 2.05) is 0 Å². The molecule has 14 heteroatoms. The lowest BCUT2D eigenvalue weighted by atomic mass is 9.80. The average molecular weight is 730 g/mol. The van der Waals surface area contributed by atoms with Crippen LogP contribution in [0.3, 0.4) is 0 Å². The molecule has 5 amide bonds. The normalized spacial score (nSPS) is 16.9. The smallest absolute Gasteiger partial charge is 0.330 e. The highest BCUT2D eigenvalue weighted by molar-refractivity contribution is 5.99. The minimum atomic E-state index is -2.37. The van der Waals surface area contributed by atoms with E-state index in [1.54, 1.807) is 30.3 Å². The highest BCUT2D eigenvalue weighted by Gasteiger charge is 2.50. The third kappa shape index (κ3) is 13.9. The summed E-state index contributed by atoms with van der Waals surface area (Å²) in [6.07, 6.45) is 11.7. The Kier molecular flexibility index (Phi) is 18.9. The first kappa shape index (κ1) is 43.7. The van der Waals surface area contributed by atoms with Crippen LogP contribution in [0.4, 0.5) is 0 Å². The van der Waals surface area contributed by atoms with Gasteiger partial charge in [0.1, 0.15) is 18.1 Å². The maximum Gasteiger partial charge on any atom is 0.330 e. The Balaban J connectivity index is 1.99. The van der Waals surface area contributed by atoms with Gasteiger partial charge in [-0.05, 0) is 31.7 Å². The van der Waals surface area contributed by atoms with Crippen molar-refractivity contribution < 1.29 is 43.8 Å². The lowest BCUT2D eigenvalue weighted by Gasteiger charge is -2.35. The lowest BCUT2D eigenvalue weighted by Crippen LogP contribution is -2.64. The van der Waals surface area contributed by atoms with E-state index in [4.69, 9.17) is 5.73 Å². The Bertz CT molecular complexity index is 1360. The number of carbonyl (C=O) groups is 7. The van der Waals surface area contributed by atoms with Crippen LogP contribution < -0.4 is 21.7 Å². The van der Waals surface area contributed by atoms with Gasteiger partial charge in [0.25, 0.3) is 0 Å². The Morgan fingerprint density at radius 3 is 1.98 bits per heavy atom. The van der Waals surface area contributed by atoms with Gasteiger partial charge in [-0.1, -0.05) is 108 Å². The van der Waals surface area contributed by atoms with Crippen molar-refractivity contribution in [3.05, 3.63) is 35.9 Å². The first-order valence-electron chi connectivity index (χ1n) is 18.7. The fourth-order valence-corrected chi connectivity index (χ4v) is 6.65. The molecule has 1 aromatic rings. The largest absolute Gasteiger partial charge is 0.480 e. The highest BCUT2D eigenvalue weighted by Crippen LogP contribution is 2.25. The Hall–Kier alpha value is -4.49. The molecule has 290 valence electrons. The van der Waals surface area contributed by atoms with E-state index in [1.165, 1.54) is 57.3 Å². The van der Waals surface area contributed by atoms with Gasteiger partial charge in [0.2, 0.25) is 29.5 Å². The fraction of sp³-hybridized carbons (Fsp3) is 0.658. The Morgan fingerprint density at radius 2 is 1.44 bits per heavy atom. The molecule has 7 N–H and O–H groups in total. The summed E-state index contributed by atoms with van der Waals surface area (Å²) in [4.78, 5) is 91.0. The second-order valence-electron chi connectivity index (χ2n) is 14.0. The quantitative estimate of drug-likeness (QED) is 0.0810. The molecule has 1 unspecified atom stereocenters. The highest BCUT2D eigenvalue weighted by atomic mass is 16.4. The number of likely N-dealkylation sites (tertiary alicyclic amines) is 1. The lowest BCUT2D eigenvalue weighted by molar-refractivity contribution is -0.155. The van der Waals surface area contributed by atoms with Crippen LogP contribution in [0.5, 0.6) is 0 Å². The summed E-state index contributed by atoms with van der Waals surface area (Å²) in [5.74, 6) is -8.27. The summed E-state index contributed by atoms with van der Waals surface area (Å²) in [5.41, 5.74) is 3.74. The van der Waals surface area contributed by atoms with Crippen molar-refractivity contribution >= 4 is 41.5 Å². The van der Waals surface area contributed by atoms with Crippen molar-refractivity contribution in [1.82, 2.24) is 20.9 Å². The zero-order valence-corrected chi connectivity index (χ0v) is 31.0. The number of carboxylic acid groups (broad SMARTS) is 2. The number of aliphatic carboxylic acids is 2. The van der Waals surface area contributed by atoms with Crippen LogP contribution in [0, 0.1) is 5.92 Å². The molecule has 14 nitrogen and oxygen atoms in total. The average Bonchev–Trinajstić information content (AvgIpc) is 3.59. The first-order valence-corrected chi connectivity index (χ1v) is 18.7. The van der Waals surface area contributed by atoms with Gasteiger partial charge in [0.05, 0.1) is 12.3 Å². The summed E-state index contributed by atoms with van der Waals surface area (Å²) >= 11 is 0. The van der Waals surface area contributed by atoms with Gasteiger partial charge < -0.3 is 36.8 Å². The van der Waals surface area contributed by atoms with Crippen molar-refractivity contribution in [3.8, 4) is 0 Å². The van der Waals surface area contributed by atoms with Gasteiger partial charge in [-0.3, -0.25) is 24.0 Å². The van der Waals surface area contributed by atoms with Crippen molar-refractivity contribution in [1.29, 1.82) is 0 Å². The van der Waals surface area contributed by atoms with Gasteiger partial charge in [-0.25, -0.2) is 9.59 Å². The molecule has 52 heavy (non-hydrogen) atoms. The summed E-state index contributed by atoms with van der Waals surface area (Å²) in [7, 11) is 0. The van der Waals surface area contributed by atoms with Crippen molar-refractivity contribution in [2.24, 2.45) is 11.7 Å². The van der Waals surface area contributed by atoms with Gasteiger partial charge >= 0.3 is 11.9 Å². The molecular formula is C38H59N5O9. The number of hydrogen-bond acceptors (Lipinski definition) is 7.